The van der Waals surface area contributed by atoms with Crippen molar-refractivity contribution in [2.24, 2.45) is 7.05 Å². The maximum absolute atomic E-state index is 13.3. The number of hydrogen-bond acceptors (Lipinski definition) is 4. The van der Waals surface area contributed by atoms with Crippen molar-refractivity contribution in [2.75, 3.05) is 13.1 Å². The maximum atomic E-state index is 13.3. The Bertz CT molecular complexity index is 1100. The number of aryl methyl sites for hydroxylation is 1. The number of piperazine rings is 1. The molecule has 2 heterocycles. The Hall–Kier alpha value is -3.19. The van der Waals surface area contributed by atoms with Crippen molar-refractivity contribution < 1.29 is 9.59 Å². The average Bonchev–Trinajstić information content (AvgIpc) is 3.19. The van der Waals surface area contributed by atoms with Gasteiger partial charge in [-0.25, -0.2) is 0 Å². The summed E-state index contributed by atoms with van der Waals surface area (Å²) in [7, 11) is 1.86. The summed E-state index contributed by atoms with van der Waals surface area (Å²) < 4.78 is 1.73. The van der Waals surface area contributed by atoms with Gasteiger partial charge in [0.2, 0.25) is 11.8 Å². The number of fused-ring (bicyclic) bond motifs is 1. The van der Waals surface area contributed by atoms with E-state index in [0.29, 0.717) is 19.6 Å². The highest BCUT2D eigenvalue weighted by Crippen LogP contribution is 2.23. The molecule has 1 fully saturated rings. The third-order valence-corrected chi connectivity index (χ3v) is 6.12. The first-order valence-corrected chi connectivity index (χ1v) is 11.2. The summed E-state index contributed by atoms with van der Waals surface area (Å²) in [6, 6.07) is 14.1. The standard InChI is InChI=1S/C25H31N5O2/c1-18(2)30(16-19-14-27-28(3)15-19)24(31)13-23-25(32)26-11-12-29(23)17-21-9-6-8-20-7-4-5-10-22(20)21/h4-10,14-15,18,23H,11-13,16-17H2,1-3H3,(H,26,32). The molecule has 7 heteroatoms. The van der Waals surface area contributed by atoms with Crippen molar-refractivity contribution in [3.8, 4) is 0 Å². The summed E-state index contributed by atoms with van der Waals surface area (Å²) in [5, 5.41) is 9.52. The minimum absolute atomic E-state index is 0.0196. The lowest BCUT2D eigenvalue weighted by Gasteiger charge is -2.36. The van der Waals surface area contributed by atoms with Crippen LogP contribution in [0.2, 0.25) is 0 Å². The van der Waals surface area contributed by atoms with E-state index in [4.69, 9.17) is 0 Å². The predicted octanol–water partition coefficient (Wildman–Crippen LogP) is 2.70. The Morgan fingerprint density at radius 1 is 1.22 bits per heavy atom. The molecule has 1 saturated heterocycles. The third kappa shape index (κ3) is 4.83. The molecule has 0 radical (unpaired) electrons. The summed E-state index contributed by atoms with van der Waals surface area (Å²) >= 11 is 0. The lowest BCUT2D eigenvalue weighted by Crippen LogP contribution is -2.56. The zero-order valence-corrected chi connectivity index (χ0v) is 19.0. The van der Waals surface area contributed by atoms with Crippen molar-refractivity contribution in [2.45, 2.75) is 45.4 Å². The first-order chi connectivity index (χ1) is 15.4. The van der Waals surface area contributed by atoms with Crippen LogP contribution in [0.5, 0.6) is 0 Å². The molecule has 0 saturated carbocycles. The van der Waals surface area contributed by atoms with Crippen LogP contribution in [-0.2, 0) is 29.7 Å². The van der Waals surface area contributed by atoms with Gasteiger partial charge in [-0.15, -0.1) is 0 Å². The molecule has 0 spiro atoms. The van der Waals surface area contributed by atoms with Gasteiger partial charge in [-0.1, -0.05) is 42.5 Å². The predicted molar refractivity (Wildman–Crippen MR) is 125 cm³/mol. The van der Waals surface area contributed by atoms with Crippen LogP contribution in [0, 0.1) is 0 Å². The summed E-state index contributed by atoms with van der Waals surface area (Å²) in [4.78, 5) is 30.1. The third-order valence-electron chi connectivity index (χ3n) is 6.12. The van der Waals surface area contributed by atoms with Crippen molar-refractivity contribution >= 4 is 22.6 Å². The zero-order valence-electron chi connectivity index (χ0n) is 19.0. The normalized spacial score (nSPS) is 17.0. The molecule has 0 bridgehead atoms. The Balaban J connectivity index is 1.52. The minimum Gasteiger partial charge on any atom is -0.353 e. The van der Waals surface area contributed by atoms with Crippen molar-refractivity contribution in [3.63, 3.8) is 0 Å². The van der Waals surface area contributed by atoms with E-state index in [-0.39, 0.29) is 24.3 Å². The van der Waals surface area contributed by atoms with Crippen LogP contribution in [0.3, 0.4) is 0 Å². The quantitative estimate of drug-likeness (QED) is 0.622. The van der Waals surface area contributed by atoms with Gasteiger partial charge in [0.25, 0.3) is 0 Å². The van der Waals surface area contributed by atoms with Gasteiger partial charge >= 0.3 is 0 Å². The van der Waals surface area contributed by atoms with Crippen LogP contribution < -0.4 is 5.32 Å². The van der Waals surface area contributed by atoms with E-state index in [1.165, 1.54) is 16.3 Å². The van der Waals surface area contributed by atoms with Gasteiger partial charge in [0.1, 0.15) is 0 Å². The number of aromatic nitrogens is 2. The zero-order chi connectivity index (χ0) is 22.7. The molecular formula is C25H31N5O2. The molecule has 168 valence electrons. The molecule has 1 atom stereocenters. The summed E-state index contributed by atoms with van der Waals surface area (Å²) in [6.45, 7) is 6.44. The molecule has 2 aromatic carbocycles. The second-order valence-corrected chi connectivity index (χ2v) is 8.76. The number of benzene rings is 2. The average molecular weight is 434 g/mol. The molecule has 4 rings (SSSR count). The highest BCUT2D eigenvalue weighted by Gasteiger charge is 2.33. The van der Waals surface area contributed by atoms with Crippen LogP contribution in [0.15, 0.2) is 54.9 Å². The SMILES string of the molecule is CC(C)N(Cc1cnn(C)c1)C(=O)CC1C(=O)NCCN1Cc1cccc2ccccc12. The van der Waals surface area contributed by atoms with Crippen LogP contribution >= 0.6 is 0 Å². The molecule has 2 amide bonds. The summed E-state index contributed by atoms with van der Waals surface area (Å²) in [5.74, 6) is -0.0938. The van der Waals surface area contributed by atoms with Crippen LogP contribution in [0.1, 0.15) is 31.4 Å². The van der Waals surface area contributed by atoms with Crippen LogP contribution in [-0.4, -0.2) is 56.6 Å². The largest absolute Gasteiger partial charge is 0.353 e. The number of hydrogen-bond donors (Lipinski definition) is 1. The first kappa shape index (κ1) is 22.0. The van der Waals surface area contributed by atoms with Gasteiger partial charge < -0.3 is 10.2 Å². The van der Waals surface area contributed by atoms with Gasteiger partial charge in [0, 0.05) is 51.0 Å². The second-order valence-electron chi connectivity index (χ2n) is 8.76. The number of nitrogens with zero attached hydrogens (tertiary/aromatic N) is 4. The van der Waals surface area contributed by atoms with Crippen molar-refractivity contribution in [3.05, 3.63) is 66.0 Å². The fourth-order valence-electron chi connectivity index (χ4n) is 4.41. The highest BCUT2D eigenvalue weighted by atomic mass is 16.2. The van der Waals surface area contributed by atoms with Crippen LogP contribution in [0.25, 0.3) is 10.8 Å². The molecule has 1 aliphatic rings. The Kier molecular flexibility index (Phi) is 6.55. The molecule has 32 heavy (non-hydrogen) atoms. The van der Waals surface area contributed by atoms with Gasteiger partial charge in [-0.3, -0.25) is 19.2 Å². The first-order valence-electron chi connectivity index (χ1n) is 11.2. The van der Waals surface area contributed by atoms with E-state index in [9.17, 15) is 9.59 Å². The molecule has 1 aliphatic heterocycles. The topological polar surface area (TPSA) is 70.5 Å². The second kappa shape index (κ2) is 9.53. The number of amides is 2. The van der Waals surface area contributed by atoms with Gasteiger partial charge in [0.15, 0.2) is 0 Å². The van der Waals surface area contributed by atoms with Crippen molar-refractivity contribution in [1.82, 2.24) is 24.9 Å². The van der Waals surface area contributed by atoms with E-state index in [1.807, 2.05) is 44.1 Å². The highest BCUT2D eigenvalue weighted by molar-refractivity contribution is 5.89. The fourth-order valence-corrected chi connectivity index (χ4v) is 4.41. The summed E-state index contributed by atoms with van der Waals surface area (Å²) in [5.41, 5.74) is 2.15. The molecule has 1 N–H and O–H groups in total. The maximum Gasteiger partial charge on any atom is 0.237 e. The van der Waals surface area contributed by atoms with E-state index in [1.54, 1.807) is 10.9 Å². The van der Waals surface area contributed by atoms with E-state index in [0.717, 1.165) is 12.1 Å². The van der Waals surface area contributed by atoms with Crippen molar-refractivity contribution in [1.29, 1.82) is 0 Å². The van der Waals surface area contributed by atoms with E-state index in [2.05, 4.69) is 45.6 Å². The fraction of sp³-hybridized carbons (Fsp3) is 0.400. The van der Waals surface area contributed by atoms with Gasteiger partial charge in [-0.05, 0) is 30.2 Å². The Morgan fingerprint density at radius 2 is 2.00 bits per heavy atom. The Labute approximate surface area is 189 Å². The van der Waals surface area contributed by atoms with Crippen LogP contribution in [0.4, 0.5) is 0 Å². The monoisotopic (exact) mass is 433 g/mol. The minimum atomic E-state index is -0.481. The molecule has 3 aromatic rings. The summed E-state index contributed by atoms with van der Waals surface area (Å²) in [6.07, 6.45) is 3.86. The molecule has 7 nitrogen and oxygen atoms in total. The lowest BCUT2D eigenvalue weighted by molar-refractivity contribution is -0.140. The van der Waals surface area contributed by atoms with E-state index < -0.39 is 6.04 Å². The number of carbonyl (C=O) groups excluding carboxylic acids is 2. The Morgan fingerprint density at radius 3 is 2.75 bits per heavy atom. The number of rotatable bonds is 7. The molecular weight excluding hydrogens is 402 g/mol. The smallest absolute Gasteiger partial charge is 0.237 e. The van der Waals surface area contributed by atoms with Gasteiger partial charge in [0.05, 0.1) is 18.7 Å². The number of carbonyl (C=O) groups is 2. The molecule has 1 unspecified atom stereocenters. The van der Waals surface area contributed by atoms with E-state index >= 15 is 0 Å². The number of nitrogens with one attached hydrogen (secondary N) is 1. The molecule has 0 aliphatic carbocycles. The lowest BCUT2D eigenvalue weighted by atomic mass is 10.0. The molecule has 1 aromatic heterocycles. The van der Waals surface area contributed by atoms with Gasteiger partial charge in [-0.2, -0.15) is 5.10 Å².